The maximum Gasteiger partial charge on any atom is 0.412 e. The van der Waals surface area contributed by atoms with Crippen molar-refractivity contribution in [3.63, 3.8) is 0 Å². The molecule has 0 bridgehead atoms. The molecule has 0 aromatic rings. The Bertz CT molecular complexity index is 964. The van der Waals surface area contributed by atoms with Crippen LogP contribution in [-0.4, -0.2) is 70.1 Å². The molecule has 2 heterocycles. The third-order valence-corrected chi connectivity index (χ3v) is 7.68. The van der Waals surface area contributed by atoms with Crippen LogP contribution < -0.4 is 0 Å². The van der Waals surface area contributed by atoms with E-state index >= 15 is 0 Å². The van der Waals surface area contributed by atoms with Crippen LogP contribution in [-0.2, 0) is 9.53 Å². The average Bonchev–Trinajstić information content (AvgIpc) is 3.31. The largest absolute Gasteiger partial charge is 0.477 e. The van der Waals surface area contributed by atoms with Crippen LogP contribution in [0, 0.1) is 17.3 Å². The van der Waals surface area contributed by atoms with E-state index in [4.69, 9.17) is 16.3 Å². The van der Waals surface area contributed by atoms with Crippen molar-refractivity contribution < 1.29 is 32.6 Å². The Labute approximate surface area is 200 Å². The van der Waals surface area contributed by atoms with Crippen molar-refractivity contribution in [2.24, 2.45) is 22.4 Å². The number of halogens is 4. The van der Waals surface area contributed by atoms with Crippen LogP contribution in [0.25, 0.3) is 0 Å². The molecule has 1 N–H and O–H groups in total. The molecule has 186 valence electrons. The Hall–Kier alpha value is -2.33. The number of ether oxygens (including phenoxy) is 1. The van der Waals surface area contributed by atoms with Crippen LogP contribution in [0.15, 0.2) is 41.2 Å². The molecule has 2 amide bonds. The number of fused-ring (bicyclic) bond motifs is 1. The summed E-state index contributed by atoms with van der Waals surface area (Å²) < 4.78 is 45.1. The van der Waals surface area contributed by atoms with Crippen molar-refractivity contribution in [2.45, 2.75) is 50.3 Å². The number of carbonyl (C=O) groups excluding carboxylic acids is 1. The first kappa shape index (κ1) is 24.8. The summed E-state index contributed by atoms with van der Waals surface area (Å²) in [5, 5.41) is 13.2. The van der Waals surface area contributed by atoms with Crippen LogP contribution >= 0.6 is 11.6 Å². The van der Waals surface area contributed by atoms with E-state index in [1.807, 2.05) is 0 Å². The van der Waals surface area contributed by atoms with Crippen molar-refractivity contribution in [2.75, 3.05) is 19.7 Å². The fourth-order valence-electron chi connectivity index (χ4n) is 5.46. The maximum absolute atomic E-state index is 13.0. The number of amides is 2. The number of rotatable bonds is 5. The van der Waals surface area contributed by atoms with Gasteiger partial charge in [0, 0.05) is 30.8 Å². The molecule has 2 aliphatic heterocycles. The second kappa shape index (κ2) is 9.37. The van der Waals surface area contributed by atoms with Crippen molar-refractivity contribution >= 4 is 29.3 Å². The van der Waals surface area contributed by atoms with Crippen molar-refractivity contribution in [1.82, 2.24) is 9.91 Å². The topological polar surface area (TPSA) is 82.4 Å². The molecule has 0 aromatic carbocycles. The van der Waals surface area contributed by atoms with Crippen LogP contribution in [0.2, 0.25) is 0 Å². The van der Waals surface area contributed by atoms with E-state index in [0.29, 0.717) is 13.1 Å². The van der Waals surface area contributed by atoms with E-state index in [1.165, 1.54) is 18.4 Å². The van der Waals surface area contributed by atoms with Crippen molar-refractivity contribution in [1.29, 1.82) is 0 Å². The number of urea groups is 1. The Morgan fingerprint density at radius 2 is 2.12 bits per heavy atom. The van der Waals surface area contributed by atoms with Gasteiger partial charge in [-0.3, -0.25) is 0 Å². The summed E-state index contributed by atoms with van der Waals surface area (Å²) in [6.07, 6.45) is 4.90. The highest BCUT2D eigenvalue weighted by Gasteiger charge is 2.53. The second-order valence-electron chi connectivity index (χ2n) is 9.39. The van der Waals surface area contributed by atoms with Gasteiger partial charge in [-0.25, -0.2) is 9.59 Å². The minimum Gasteiger partial charge on any atom is -0.477 e. The first-order chi connectivity index (χ1) is 16.0. The van der Waals surface area contributed by atoms with Gasteiger partial charge in [0.15, 0.2) is 5.71 Å². The first-order valence-corrected chi connectivity index (χ1v) is 11.7. The smallest absolute Gasteiger partial charge is 0.412 e. The fourth-order valence-corrected chi connectivity index (χ4v) is 5.66. The Kier molecular flexibility index (Phi) is 6.83. The molecule has 2 fully saturated rings. The molecule has 11 heteroatoms. The number of aliphatic carboxylic acids is 1. The number of likely N-dealkylation sites (tertiary alicyclic amines) is 1. The van der Waals surface area contributed by atoms with E-state index in [1.54, 1.807) is 11.0 Å². The number of hydrogen-bond donors (Lipinski definition) is 1. The molecule has 4 rings (SSSR count). The lowest BCUT2D eigenvalue weighted by Gasteiger charge is -2.29. The van der Waals surface area contributed by atoms with Crippen molar-refractivity contribution in [3.05, 3.63) is 36.1 Å². The number of carboxylic acids is 1. The zero-order chi connectivity index (χ0) is 24.7. The van der Waals surface area contributed by atoms with Gasteiger partial charge in [0.05, 0.1) is 12.7 Å². The highest BCUT2D eigenvalue weighted by molar-refractivity contribution is 6.50. The van der Waals surface area contributed by atoms with Crippen molar-refractivity contribution in [3.8, 4) is 0 Å². The van der Waals surface area contributed by atoms with Gasteiger partial charge in [-0.2, -0.15) is 23.3 Å². The number of hydrazone groups is 1. The van der Waals surface area contributed by atoms with E-state index in [9.17, 15) is 27.9 Å². The lowest BCUT2D eigenvalue weighted by atomic mass is 9.78. The van der Waals surface area contributed by atoms with Gasteiger partial charge in [-0.15, -0.1) is 11.6 Å². The van der Waals surface area contributed by atoms with Gasteiger partial charge < -0.3 is 14.7 Å². The summed E-state index contributed by atoms with van der Waals surface area (Å²) >= 11 is 5.94. The van der Waals surface area contributed by atoms with E-state index in [-0.39, 0.29) is 42.1 Å². The summed E-state index contributed by atoms with van der Waals surface area (Å²) in [6.45, 7) is 3.27. The molecule has 2 aliphatic carbocycles. The monoisotopic (exact) mass is 501 g/mol. The summed E-state index contributed by atoms with van der Waals surface area (Å²) in [7, 11) is 0. The Morgan fingerprint density at radius 3 is 2.76 bits per heavy atom. The summed E-state index contributed by atoms with van der Waals surface area (Å²) in [4.78, 5) is 26.0. The zero-order valence-electron chi connectivity index (χ0n) is 18.7. The normalized spacial score (nSPS) is 33.1. The predicted octanol–water partition coefficient (Wildman–Crippen LogP) is 4.56. The van der Waals surface area contributed by atoms with Gasteiger partial charge in [-0.05, 0) is 43.1 Å². The van der Waals surface area contributed by atoms with Crippen LogP contribution in [0.4, 0.5) is 18.0 Å². The summed E-state index contributed by atoms with van der Waals surface area (Å²) in [5.74, 6) is -1.40. The number of nitrogens with zero attached hydrogens (tertiary/aromatic N) is 3. The van der Waals surface area contributed by atoms with Gasteiger partial charge in [-0.1, -0.05) is 25.2 Å². The van der Waals surface area contributed by atoms with E-state index in [2.05, 4.69) is 12.0 Å². The van der Waals surface area contributed by atoms with E-state index in [0.717, 1.165) is 30.3 Å². The highest BCUT2D eigenvalue weighted by Crippen LogP contribution is 2.52. The second-order valence-corrected chi connectivity index (χ2v) is 9.86. The molecule has 34 heavy (non-hydrogen) atoms. The molecule has 1 saturated carbocycles. The molecule has 0 radical (unpaired) electrons. The summed E-state index contributed by atoms with van der Waals surface area (Å²) in [6, 6.07) is -0.405. The number of allylic oxidation sites excluding steroid dienone is 4. The molecule has 0 spiro atoms. The number of hydrogen-bond acceptors (Lipinski definition) is 4. The van der Waals surface area contributed by atoms with E-state index < -0.39 is 29.1 Å². The van der Waals surface area contributed by atoms with Gasteiger partial charge in [0.2, 0.25) is 0 Å². The average molecular weight is 502 g/mol. The zero-order valence-corrected chi connectivity index (χ0v) is 19.4. The molecule has 7 nitrogen and oxygen atoms in total. The Morgan fingerprint density at radius 1 is 1.35 bits per heavy atom. The SMILES string of the molecule is CC[C@]12C[C@H](OCC3C=CC=C(C(F)(F)F)C3)C[C@H]1CN(C(=O)N1C=CC(Cl)C(C(=O)O)=N1)C2. The third kappa shape index (κ3) is 4.88. The maximum atomic E-state index is 13.0. The quantitative estimate of drug-likeness (QED) is 0.560. The molecular formula is C23H27ClF3N3O4. The lowest BCUT2D eigenvalue weighted by Crippen LogP contribution is -2.42. The van der Waals surface area contributed by atoms with Gasteiger partial charge >= 0.3 is 18.2 Å². The fraction of sp³-hybridized carbons (Fsp3) is 0.609. The summed E-state index contributed by atoms with van der Waals surface area (Å²) in [5.41, 5.74) is -0.990. The minimum atomic E-state index is -4.32. The van der Waals surface area contributed by atoms with Crippen LogP contribution in [0.3, 0.4) is 0 Å². The molecule has 5 atom stereocenters. The van der Waals surface area contributed by atoms with Crippen LogP contribution in [0.1, 0.15) is 32.6 Å². The molecular weight excluding hydrogens is 475 g/mol. The first-order valence-electron chi connectivity index (χ1n) is 11.3. The van der Waals surface area contributed by atoms with Crippen LogP contribution in [0.5, 0.6) is 0 Å². The lowest BCUT2D eigenvalue weighted by molar-refractivity contribution is -0.129. The predicted molar refractivity (Wildman–Crippen MR) is 119 cm³/mol. The standard InChI is InChI=1S/C23H27ClF3N3O4/c1-2-22-10-17(34-12-14-4-3-5-15(8-14)23(25,26)27)9-16(22)11-29(13-22)21(33)30-7-6-18(24)19(28-30)20(31)32/h3-7,14,16-18H,2,8-13H2,1H3,(H,31,32)/t14?,16-,17+,18?,22+/m0/s1. The number of carbonyl (C=O) groups is 2. The molecule has 4 aliphatic rings. The molecule has 2 unspecified atom stereocenters. The minimum absolute atomic E-state index is 0.0700. The van der Waals surface area contributed by atoms with Gasteiger partial charge in [0.25, 0.3) is 0 Å². The molecule has 1 saturated heterocycles. The Balaban J connectivity index is 1.34. The number of alkyl halides is 4. The third-order valence-electron chi connectivity index (χ3n) is 7.33. The number of carboxylic acid groups (broad SMARTS) is 1. The highest BCUT2D eigenvalue weighted by atomic mass is 35.5. The molecule has 0 aromatic heterocycles. The van der Waals surface area contributed by atoms with Gasteiger partial charge in [0.1, 0.15) is 5.38 Å².